The van der Waals surface area contributed by atoms with Crippen molar-refractivity contribution in [2.75, 3.05) is 4.90 Å². The van der Waals surface area contributed by atoms with E-state index in [1.165, 1.54) is 18.6 Å². The number of ketones is 1. The molecule has 1 aliphatic heterocycles. The number of hydrogen-bond acceptors (Lipinski definition) is 2. The predicted octanol–water partition coefficient (Wildman–Crippen LogP) is 4.50. The molecule has 0 aromatic heterocycles. The number of carbonyl (C=O) groups is 1. The minimum Gasteiger partial charge on any atom is -0.336 e. The number of fused-ring (bicyclic) bond motifs is 1. The van der Waals surface area contributed by atoms with E-state index >= 15 is 0 Å². The standard InChI is InChI=1S/C18H18FNO/c1-12-7-8-14-5-3-4-6-17(14)20(12)18-10-9-15(13(2)21)11-16(18)19/h3-6,9-12H,7-8H2,1-2H3. The highest BCUT2D eigenvalue weighted by Gasteiger charge is 2.26. The number of hydrogen-bond donors (Lipinski definition) is 0. The second-order valence-electron chi connectivity index (χ2n) is 5.61. The Morgan fingerprint density at radius 2 is 1.95 bits per heavy atom. The largest absolute Gasteiger partial charge is 0.336 e. The fraction of sp³-hybridized carbons (Fsp3) is 0.278. The first-order chi connectivity index (χ1) is 10.1. The van der Waals surface area contributed by atoms with Gasteiger partial charge in [-0.05, 0) is 56.5 Å². The van der Waals surface area contributed by atoms with Crippen molar-refractivity contribution in [1.29, 1.82) is 0 Å². The maximum atomic E-state index is 14.5. The smallest absolute Gasteiger partial charge is 0.159 e. The Morgan fingerprint density at radius 1 is 1.19 bits per heavy atom. The van der Waals surface area contributed by atoms with Crippen molar-refractivity contribution in [2.45, 2.75) is 32.7 Å². The van der Waals surface area contributed by atoms with Gasteiger partial charge in [-0.1, -0.05) is 18.2 Å². The molecule has 0 saturated carbocycles. The average molecular weight is 283 g/mol. The number of halogens is 1. The van der Waals surface area contributed by atoms with Gasteiger partial charge >= 0.3 is 0 Å². The van der Waals surface area contributed by atoms with Crippen LogP contribution in [0.4, 0.5) is 15.8 Å². The topological polar surface area (TPSA) is 20.3 Å². The summed E-state index contributed by atoms with van der Waals surface area (Å²) in [6.45, 7) is 3.56. The van der Waals surface area contributed by atoms with Crippen LogP contribution in [0, 0.1) is 5.82 Å². The van der Waals surface area contributed by atoms with Crippen LogP contribution in [0.15, 0.2) is 42.5 Å². The van der Waals surface area contributed by atoms with Crippen LogP contribution >= 0.6 is 0 Å². The second-order valence-corrected chi connectivity index (χ2v) is 5.61. The van der Waals surface area contributed by atoms with Crippen LogP contribution in [-0.4, -0.2) is 11.8 Å². The van der Waals surface area contributed by atoms with Crippen LogP contribution in [0.1, 0.15) is 36.2 Å². The lowest BCUT2D eigenvalue weighted by molar-refractivity contribution is 0.101. The van der Waals surface area contributed by atoms with Gasteiger partial charge in [-0.2, -0.15) is 0 Å². The summed E-state index contributed by atoms with van der Waals surface area (Å²) in [6.07, 6.45) is 2.01. The van der Waals surface area contributed by atoms with Gasteiger partial charge in [-0.15, -0.1) is 0 Å². The molecule has 1 atom stereocenters. The SMILES string of the molecule is CC(=O)c1ccc(N2c3ccccc3CCC2C)c(F)c1. The molecule has 0 fully saturated rings. The first-order valence-electron chi connectivity index (χ1n) is 7.25. The lowest BCUT2D eigenvalue weighted by Crippen LogP contribution is -2.33. The quantitative estimate of drug-likeness (QED) is 0.756. The van der Waals surface area contributed by atoms with Crippen molar-refractivity contribution in [3.8, 4) is 0 Å². The Balaban J connectivity index is 2.09. The minimum atomic E-state index is -0.341. The summed E-state index contributed by atoms with van der Waals surface area (Å²) < 4.78 is 14.5. The van der Waals surface area contributed by atoms with Gasteiger partial charge in [0.2, 0.25) is 0 Å². The van der Waals surface area contributed by atoms with Gasteiger partial charge in [0.05, 0.1) is 5.69 Å². The number of rotatable bonds is 2. The van der Waals surface area contributed by atoms with Crippen LogP contribution < -0.4 is 4.90 Å². The summed E-state index contributed by atoms with van der Waals surface area (Å²) in [5.74, 6) is -0.459. The van der Waals surface area contributed by atoms with E-state index in [-0.39, 0.29) is 17.6 Å². The molecule has 0 bridgehead atoms. The first kappa shape index (κ1) is 13.8. The fourth-order valence-corrected chi connectivity index (χ4v) is 2.98. The molecular weight excluding hydrogens is 265 g/mol. The summed E-state index contributed by atoms with van der Waals surface area (Å²) >= 11 is 0. The van der Waals surface area contributed by atoms with E-state index in [9.17, 15) is 9.18 Å². The highest BCUT2D eigenvalue weighted by atomic mass is 19.1. The van der Waals surface area contributed by atoms with Crippen LogP contribution in [0.25, 0.3) is 0 Å². The number of para-hydroxylation sites is 1. The molecule has 0 N–H and O–H groups in total. The summed E-state index contributed by atoms with van der Waals surface area (Å²) in [7, 11) is 0. The molecule has 2 nitrogen and oxygen atoms in total. The van der Waals surface area contributed by atoms with Crippen LogP contribution in [0.2, 0.25) is 0 Å². The van der Waals surface area contributed by atoms with Crippen LogP contribution in [-0.2, 0) is 6.42 Å². The van der Waals surface area contributed by atoms with Crippen molar-refractivity contribution in [3.63, 3.8) is 0 Å². The van der Waals surface area contributed by atoms with E-state index in [1.807, 2.05) is 23.1 Å². The lowest BCUT2D eigenvalue weighted by Gasteiger charge is -2.37. The van der Waals surface area contributed by atoms with E-state index in [4.69, 9.17) is 0 Å². The molecule has 3 heteroatoms. The number of Topliss-reactive ketones (excluding diaryl/α,β-unsaturated/α-hetero) is 1. The van der Waals surface area contributed by atoms with Crippen molar-refractivity contribution >= 4 is 17.2 Å². The highest BCUT2D eigenvalue weighted by Crippen LogP contribution is 2.38. The van der Waals surface area contributed by atoms with E-state index in [1.54, 1.807) is 12.1 Å². The molecule has 108 valence electrons. The van der Waals surface area contributed by atoms with Gasteiger partial charge in [0, 0.05) is 17.3 Å². The zero-order valence-electron chi connectivity index (χ0n) is 12.3. The molecule has 1 heterocycles. The fourth-order valence-electron chi connectivity index (χ4n) is 2.98. The molecule has 0 saturated heterocycles. The maximum Gasteiger partial charge on any atom is 0.159 e. The molecule has 21 heavy (non-hydrogen) atoms. The van der Waals surface area contributed by atoms with Gasteiger partial charge in [-0.25, -0.2) is 4.39 Å². The number of carbonyl (C=O) groups excluding carboxylic acids is 1. The lowest BCUT2D eigenvalue weighted by atomic mass is 9.95. The molecule has 0 amide bonds. The van der Waals surface area contributed by atoms with Gasteiger partial charge in [0.25, 0.3) is 0 Å². The molecule has 0 radical (unpaired) electrons. The Kier molecular flexibility index (Phi) is 3.50. The van der Waals surface area contributed by atoms with Gasteiger partial charge in [0.1, 0.15) is 5.82 Å². The molecule has 1 unspecified atom stereocenters. The Morgan fingerprint density at radius 3 is 2.67 bits per heavy atom. The van der Waals surface area contributed by atoms with Crippen molar-refractivity contribution < 1.29 is 9.18 Å². The first-order valence-corrected chi connectivity index (χ1v) is 7.25. The van der Waals surface area contributed by atoms with Crippen molar-refractivity contribution in [3.05, 3.63) is 59.4 Å². The zero-order valence-corrected chi connectivity index (χ0v) is 12.3. The Bertz CT molecular complexity index is 695. The monoisotopic (exact) mass is 283 g/mol. The number of nitrogens with zero attached hydrogens (tertiary/aromatic N) is 1. The number of aryl methyl sites for hydroxylation is 1. The summed E-state index contributed by atoms with van der Waals surface area (Å²) in [6, 6.07) is 13.1. The maximum absolute atomic E-state index is 14.5. The van der Waals surface area contributed by atoms with E-state index in [0.29, 0.717) is 11.3 Å². The molecule has 2 aromatic carbocycles. The summed E-state index contributed by atoms with van der Waals surface area (Å²) in [4.78, 5) is 13.4. The average Bonchev–Trinajstić information content (AvgIpc) is 2.48. The highest BCUT2D eigenvalue weighted by molar-refractivity contribution is 5.94. The molecule has 2 aromatic rings. The number of benzene rings is 2. The third-order valence-electron chi connectivity index (χ3n) is 4.14. The van der Waals surface area contributed by atoms with Gasteiger partial charge in [0.15, 0.2) is 5.78 Å². The van der Waals surface area contributed by atoms with E-state index < -0.39 is 0 Å². The molecule has 1 aliphatic rings. The summed E-state index contributed by atoms with van der Waals surface area (Å²) in [5, 5.41) is 0. The van der Waals surface area contributed by atoms with Crippen LogP contribution in [0.3, 0.4) is 0 Å². The molecule has 3 rings (SSSR count). The number of anilines is 2. The minimum absolute atomic E-state index is 0.118. The van der Waals surface area contributed by atoms with Crippen LogP contribution in [0.5, 0.6) is 0 Å². The van der Waals surface area contributed by atoms with E-state index in [0.717, 1.165) is 18.5 Å². The molecule has 0 spiro atoms. The van der Waals surface area contributed by atoms with Gasteiger partial charge < -0.3 is 4.90 Å². The zero-order chi connectivity index (χ0) is 15.0. The molecular formula is C18H18FNO. The normalized spacial score (nSPS) is 17.5. The van der Waals surface area contributed by atoms with Crippen molar-refractivity contribution in [2.24, 2.45) is 0 Å². The van der Waals surface area contributed by atoms with Crippen molar-refractivity contribution in [1.82, 2.24) is 0 Å². The van der Waals surface area contributed by atoms with Gasteiger partial charge in [-0.3, -0.25) is 4.79 Å². The Labute approximate surface area is 124 Å². The third-order valence-corrected chi connectivity index (χ3v) is 4.14. The summed E-state index contributed by atoms with van der Waals surface area (Å²) in [5.41, 5.74) is 3.25. The second kappa shape index (κ2) is 5.32. The third kappa shape index (κ3) is 2.44. The molecule has 0 aliphatic carbocycles. The Hall–Kier alpha value is -2.16. The predicted molar refractivity (Wildman–Crippen MR) is 82.8 cm³/mol. The van der Waals surface area contributed by atoms with E-state index in [2.05, 4.69) is 13.0 Å².